The maximum atomic E-state index is 8.78. The topological polar surface area (TPSA) is 50.7 Å². The van der Waals surface area contributed by atoms with Crippen LogP contribution in [0.1, 0.15) is 38.8 Å². The molecule has 0 spiro atoms. The molecule has 4 nitrogen and oxygen atoms in total. The van der Waals surface area contributed by atoms with Gasteiger partial charge in [-0.05, 0) is 38.0 Å². The van der Waals surface area contributed by atoms with E-state index in [4.69, 9.17) is 14.6 Å². The molecule has 0 amide bonds. The maximum absolute atomic E-state index is 8.78. The van der Waals surface area contributed by atoms with Crippen molar-refractivity contribution in [2.45, 2.75) is 39.3 Å². The molecular weight excluding hydrogens is 242 g/mol. The molecule has 2 atom stereocenters. The predicted octanol–water partition coefficient (Wildman–Crippen LogP) is 2.52. The minimum absolute atomic E-state index is 0.00310. The Morgan fingerprint density at radius 2 is 2.00 bits per heavy atom. The van der Waals surface area contributed by atoms with E-state index in [0.717, 1.165) is 12.0 Å². The third-order valence-corrected chi connectivity index (χ3v) is 3.18. The fourth-order valence-corrected chi connectivity index (χ4v) is 1.87. The number of nitrogens with one attached hydrogen (secondary N) is 1. The van der Waals surface area contributed by atoms with Crippen LogP contribution in [0.2, 0.25) is 0 Å². The summed E-state index contributed by atoms with van der Waals surface area (Å²) in [6.45, 7) is 6.74. The average molecular weight is 267 g/mol. The van der Waals surface area contributed by atoms with E-state index in [1.807, 2.05) is 18.2 Å². The van der Waals surface area contributed by atoms with Gasteiger partial charge in [-0.1, -0.05) is 13.0 Å². The zero-order chi connectivity index (χ0) is 14.3. The lowest BCUT2D eigenvalue weighted by Gasteiger charge is -2.20. The Kier molecular flexibility index (Phi) is 6.67. The van der Waals surface area contributed by atoms with Crippen LogP contribution in [0.4, 0.5) is 0 Å². The molecular formula is C15H25NO3. The van der Waals surface area contributed by atoms with Crippen molar-refractivity contribution in [1.29, 1.82) is 0 Å². The van der Waals surface area contributed by atoms with Gasteiger partial charge in [-0.2, -0.15) is 0 Å². The van der Waals surface area contributed by atoms with Crippen LogP contribution in [0.3, 0.4) is 0 Å². The van der Waals surface area contributed by atoms with Gasteiger partial charge in [-0.3, -0.25) is 0 Å². The van der Waals surface area contributed by atoms with Gasteiger partial charge in [0, 0.05) is 12.1 Å². The van der Waals surface area contributed by atoms with Crippen molar-refractivity contribution in [1.82, 2.24) is 5.32 Å². The Morgan fingerprint density at radius 3 is 2.58 bits per heavy atom. The van der Waals surface area contributed by atoms with E-state index in [-0.39, 0.29) is 19.3 Å². The first kappa shape index (κ1) is 15.8. The number of hydrogen-bond acceptors (Lipinski definition) is 4. The highest BCUT2D eigenvalue weighted by molar-refractivity contribution is 5.43. The van der Waals surface area contributed by atoms with Crippen LogP contribution in [-0.4, -0.2) is 31.5 Å². The van der Waals surface area contributed by atoms with Gasteiger partial charge < -0.3 is 19.9 Å². The van der Waals surface area contributed by atoms with E-state index in [2.05, 4.69) is 26.1 Å². The molecule has 19 heavy (non-hydrogen) atoms. The van der Waals surface area contributed by atoms with Crippen LogP contribution in [-0.2, 0) is 0 Å². The molecule has 0 saturated carbocycles. The number of benzene rings is 1. The van der Waals surface area contributed by atoms with Gasteiger partial charge in [0.15, 0.2) is 11.5 Å². The SMILES string of the molecule is CCC(C)NC(C)c1ccc(OCCO)c(OC)c1. The molecule has 2 N–H and O–H groups in total. The molecule has 0 aliphatic carbocycles. The summed E-state index contributed by atoms with van der Waals surface area (Å²) in [5.41, 5.74) is 1.16. The Labute approximate surface area is 115 Å². The standard InChI is InChI=1S/C15H25NO3/c1-5-11(2)16-12(3)13-6-7-14(19-9-8-17)15(10-13)18-4/h6-7,10-12,16-17H,5,8-9H2,1-4H3. The van der Waals surface area contributed by atoms with Crippen LogP contribution < -0.4 is 14.8 Å². The van der Waals surface area contributed by atoms with Crippen molar-refractivity contribution < 1.29 is 14.6 Å². The van der Waals surface area contributed by atoms with Gasteiger partial charge in [-0.25, -0.2) is 0 Å². The fourth-order valence-electron chi connectivity index (χ4n) is 1.87. The second-order valence-corrected chi connectivity index (χ2v) is 4.68. The molecule has 0 aliphatic heterocycles. The first-order valence-electron chi connectivity index (χ1n) is 6.80. The van der Waals surface area contributed by atoms with E-state index in [1.54, 1.807) is 7.11 Å². The molecule has 0 heterocycles. The van der Waals surface area contributed by atoms with Crippen molar-refractivity contribution in [3.63, 3.8) is 0 Å². The quantitative estimate of drug-likeness (QED) is 0.760. The molecule has 1 aromatic rings. The molecule has 2 unspecified atom stereocenters. The Balaban J connectivity index is 2.80. The maximum Gasteiger partial charge on any atom is 0.161 e. The van der Waals surface area contributed by atoms with Gasteiger partial charge in [0.2, 0.25) is 0 Å². The van der Waals surface area contributed by atoms with Crippen LogP contribution >= 0.6 is 0 Å². The summed E-state index contributed by atoms with van der Waals surface area (Å²) >= 11 is 0. The number of ether oxygens (including phenoxy) is 2. The van der Waals surface area contributed by atoms with E-state index >= 15 is 0 Å². The summed E-state index contributed by atoms with van der Waals surface area (Å²) in [5.74, 6) is 1.36. The molecule has 0 saturated heterocycles. The van der Waals surface area contributed by atoms with Crippen molar-refractivity contribution in [2.24, 2.45) is 0 Å². The number of rotatable bonds is 8. The van der Waals surface area contributed by atoms with Gasteiger partial charge in [0.1, 0.15) is 6.61 Å². The minimum atomic E-state index is -0.00310. The van der Waals surface area contributed by atoms with E-state index in [9.17, 15) is 0 Å². The zero-order valence-electron chi connectivity index (χ0n) is 12.3. The zero-order valence-corrected chi connectivity index (χ0v) is 12.3. The number of methoxy groups -OCH3 is 1. The summed E-state index contributed by atoms with van der Waals surface area (Å²) in [6.07, 6.45) is 1.10. The summed E-state index contributed by atoms with van der Waals surface area (Å²) in [4.78, 5) is 0. The first-order valence-corrected chi connectivity index (χ1v) is 6.80. The summed E-state index contributed by atoms with van der Waals surface area (Å²) in [6, 6.07) is 6.63. The van der Waals surface area contributed by atoms with Crippen LogP contribution in [0.5, 0.6) is 11.5 Å². The van der Waals surface area contributed by atoms with Crippen molar-refractivity contribution in [3.05, 3.63) is 23.8 Å². The Morgan fingerprint density at radius 1 is 1.26 bits per heavy atom. The molecule has 0 aliphatic rings. The Hall–Kier alpha value is -1.26. The molecule has 1 aromatic carbocycles. The Bertz CT molecular complexity index is 382. The first-order chi connectivity index (χ1) is 9.12. The highest BCUT2D eigenvalue weighted by Crippen LogP contribution is 2.30. The van der Waals surface area contributed by atoms with Crippen molar-refractivity contribution in [2.75, 3.05) is 20.3 Å². The molecule has 0 fully saturated rings. The van der Waals surface area contributed by atoms with Crippen LogP contribution in [0, 0.1) is 0 Å². The lowest BCUT2D eigenvalue weighted by Crippen LogP contribution is -2.28. The summed E-state index contributed by atoms with van der Waals surface area (Å²) < 4.78 is 10.7. The summed E-state index contributed by atoms with van der Waals surface area (Å²) in [7, 11) is 1.62. The largest absolute Gasteiger partial charge is 0.493 e. The lowest BCUT2D eigenvalue weighted by atomic mass is 10.1. The third-order valence-electron chi connectivity index (χ3n) is 3.18. The molecule has 1 rings (SSSR count). The van der Waals surface area contributed by atoms with Gasteiger partial charge in [0.25, 0.3) is 0 Å². The predicted molar refractivity (Wildman–Crippen MR) is 76.9 cm³/mol. The number of aliphatic hydroxyl groups is 1. The normalized spacial score (nSPS) is 13.9. The highest BCUT2D eigenvalue weighted by atomic mass is 16.5. The second kappa shape index (κ2) is 8.02. The number of hydrogen-bond donors (Lipinski definition) is 2. The van der Waals surface area contributed by atoms with Crippen molar-refractivity contribution in [3.8, 4) is 11.5 Å². The molecule has 0 bridgehead atoms. The molecule has 0 aromatic heterocycles. The van der Waals surface area contributed by atoms with Crippen molar-refractivity contribution >= 4 is 0 Å². The van der Waals surface area contributed by atoms with Gasteiger partial charge in [-0.15, -0.1) is 0 Å². The monoisotopic (exact) mass is 267 g/mol. The van der Waals surface area contributed by atoms with E-state index in [0.29, 0.717) is 17.5 Å². The second-order valence-electron chi connectivity index (χ2n) is 4.68. The minimum Gasteiger partial charge on any atom is -0.493 e. The van der Waals surface area contributed by atoms with Crippen LogP contribution in [0.25, 0.3) is 0 Å². The average Bonchev–Trinajstić information content (AvgIpc) is 2.44. The smallest absolute Gasteiger partial charge is 0.161 e. The molecule has 0 radical (unpaired) electrons. The van der Waals surface area contributed by atoms with Gasteiger partial charge in [0.05, 0.1) is 13.7 Å². The number of aliphatic hydroxyl groups excluding tert-OH is 1. The van der Waals surface area contributed by atoms with E-state index in [1.165, 1.54) is 0 Å². The summed E-state index contributed by atoms with van der Waals surface area (Å²) in [5, 5.41) is 12.3. The fraction of sp³-hybridized carbons (Fsp3) is 0.600. The molecule has 108 valence electrons. The molecule has 4 heteroatoms. The third kappa shape index (κ3) is 4.73. The van der Waals surface area contributed by atoms with Crippen LogP contribution in [0.15, 0.2) is 18.2 Å². The highest BCUT2D eigenvalue weighted by Gasteiger charge is 2.12. The van der Waals surface area contributed by atoms with E-state index < -0.39 is 0 Å². The van der Waals surface area contributed by atoms with Gasteiger partial charge >= 0.3 is 0 Å². The lowest BCUT2D eigenvalue weighted by molar-refractivity contribution is 0.196.